The molecule has 8 nitrogen and oxygen atoms in total. The van der Waals surface area contributed by atoms with Gasteiger partial charge in [-0.25, -0.2) is 0 Å². The molecule has 30 heavy (non-hydrogen) atoms. The second-order valence-corrected chi connectivity index (χ2v) is 7.55. The molecule has 158 valence electrons. The molecule has 0 aliphatic carbocycles. The second kappa shape index (κ2) is 8.27. The third kappa shape index (κ3) is 3.45. The molecule has 0 atom stereocenters. The molecule has 1 aliphatic heterocycles. The van der Waals surface area contributed by atoms with Crippen LogP contribution < -0.4 is 28.5 Å². The number of thiazole rings is 1. The summed E-state index contributed by atoms with van der Waals surface area (Å²) in [6, 6.07) is 7.06. The zero-order valence-electron chi connectivity index (χ0n) is 17.2. The molecule has 0 bridgehead atoms. The Bertz CT molecular complexity index is 1160. The molecule has 2 heterocycles. The van der Waals surface area contributed by atoms with E-state index in [0.717, 1.165) is 23.2 Å². The first-order valence-electron chi connectivity index (χ1n) is 9.41. The Balaban J connectivity index is 1.83. The zero-order valence-corrected chi connectivity index (χ0v) is 18.0. The molecule has 0 saturated carbocycles. The van der Waals surface area contributed by atoms with Gasteiger partial charge in [0.05, 0.1) is 31.5 Å². The lowest BCUT2D eigenvalue weighted by molar-refractivity contribution is 0.0997. The van der Waals surface area contributed by atoms with Crippen molar-refractivity contribution in [1.82, 2.24) is 4.57 Å². The van der Waals surface area contributed by atoms with Gasteiger partial charge >= 0.3 is 0 Å². The predicted octanol–water partition coefficient (Wildman–Crippen LogP) is 3.61. The van der Waals surface area contributed by atoms with E-state index in [1.807, 2.05) is 16.7 Å². The first-order chi connectivity index (χ1) is 14.6. The number of hydrogen-bond acceptors (Lipinski definition) is 7. The highest BCUT2D eigenvalue weighted by Crippen LogP contribution is 2.39. The molecule has 2 aromatic carbocycles. The molecule has 0 radical (unpaired) electrons. The van der Waals surface area contributed by atoms with Gasteiger partial charge in [0.2, 0.25) is 12.5 Å². The molecule has 3 aromatic rings. The number of carbonyl (C=O) groups excluding carboxylic acids is 1. The number of benzene rings is 2. The highest BCUT2D eigenvalue weighted by Gasteiger charge is 2.19. The fraction of sp³-hybridized carbons (Fsp3) is 0.333. The predicted molar refractivity (Wildman–Crippen MR) is 112 cm³/mol. The number of carbonyl (C=O) groups is 1. The van der Waals surface area contributed by atoms with Gasteiger partial charge in [-0.1, -0.05) is 18.3 Å². The smallest absolute Gasteiger partial charge is 0.279 e. The van der Waals surface area contributed by atoms with Crippen LogP contribution in [0.2, 0.25) is 0 Å². The van der Waals surface area contributed by atoms with E-state index in [4.69, 9.17) is 23.7 Å². The summed E-state index contributed by atoms with van der Waals surface area (Å²) in [4.78, 5) is 18.0. The van der Waals surface area contributed by atoms with Gasteiger partial charge in [-0.2, -0.15) is 4.99 Å². The van der Waals surface area contributed by atoms with E-state index in [1.54, 1.807) is 12.1 Å². The van der Waals surface area contributed by atoms with E-state index in [0.29, 0.717) is 39.1 Å². The maximum atomic E-state index is 13.0. The fourth-order valence-corrected chi connectivity index (χ4v) is 4.41. The number of rotatable bonds is 6. The van der Waals surface area contributed by atoms with Gasteiger partial charge in [0.25, 0.3) is 5.91 Å². The van der Waals surface area contributed by atoms with Gasteiger partial charge in [0.1, 0.15) is 0 Å². The average molecular weight is 430 g/mol. The number of aromatic nitrogens is 1. The van der Waals surface area contributed by atoms with Crippen molar-refractivity contribution in [3.05, 3.63) is 34.6 Å². The van der Waals surface area contributed by atoms with Crippen LogP contribution in [-0.4, -0.2) is 38.6 Å². The number of fused-ring (bicyclic) bond motifs is 2. The van der Waals surface area contributed by atoms with E-state index < -0.39 is 5.91 Å². The first kappa shape index (κ1) is 20.1. The van der Waals surface area contributed by atoms with E-state index in [9.17, 15) is 4.79 Å². The Morgan fingerprint density at radius 2 is 1.73 bits per heavy atom. The van der Waals surface area contributed by atoms with Crippen LogP contribution in [-0.2, 0) is 6.54 Å². The Morgan fingerprint density at radius 1 is 1.07 bits per heavy atom. The van der Waals surface area contributed by atoms with E-state index in [2.05, 4.69) is 11.9 Å². The molecule has 0 fully saturated rings. The summed E-state index contributed by atoms with van der Waals surface area (Å²) >= 11 is 1.43. The van der Waals surface area contributed by atoms with Crippen LogP contribution in [0.3, 0.4) is 0 Å². The second-order valence-electron chi connectivity index (χ2n) is 6.54. The molecule has 1 aromatic heterocycles. The molecule has 0 N–H and O–H groups in total. The minimum Gasteiger partial charge on any atom is -0.493 e. The molecule has 9 heteroatoms. The van der Waals surface area contributed by atoms with E-state index >= 15 is 0 Å². The van der Waals surface area contributed by atoms with Crippen molar-refractivity contribution in [1.29, 1.82) is 0 Å². The Hall–Kier alpha value is -3.20. The number of methoxy groups -OCH3 is 3. The zero-order chi connectivity index (χ0) is 21.3. The van der Waals surface area contributed by atoms with Crippen molar-refractivity contribution in [3.63, 3.8) is 0 Å². The summed E-state index contributed by atoms with van der Waals surface area (Å²) < 4.78 is 30.0. The molecule has 0 saturated heterocycles. The summed E-state index contributed by atoms with van der Waals surface area (Å²) in [5, 5.41) is 0. The molecule has 0 spiro atoms. The third-order valence-corrected chi connectivity index (χ3v) is 5.77. The van der Waals surface area contributed by atoms with Crippen molar-refractivity contribution in [2.45, 2.75) is 19.9 Å². The summed E-state index contributed by atoms with van der Waals surface area (Å²) in [7, 11) is 4.53. The van der Waals surface area contributed by atoms with Crippen molar-refractivity contribution in [2.24, 2.45) is 4.99 Å². The van der Waals surface area contributed by atoms with Gasteiger partial charge in [-0.3, -0.25) is 4.79 Å². The van der Waals surface area contributed by atoms with Crippen LogP contribution >= 0.6 is 11.3 Å². The normalized spacial score (nSPS) is 13.0. The van der Waals surface area contributed by atoms with E-state index in [1.165, 1.54) is 32.7 Å². The Labute approximate surface area is 177 Å². The van der Waals surface area contributed by atoms with Crippen LogP contribution in [0.5, 0.6) is 28.7 Å². The average Bonchev–Trinajstić information content (AvgIpc) is 3.35. The first-order valence-corrected chi connectivity index (χ1v) is 10.2. The summed E-state index contributed by atoms with van der Waals surface area (Å²) in [6.45, 7) is 3.02. The molecule has 4 rings (SSSR count). The number of hydrogen-bond donors (Lipinski definition) is 0. The molecule has 0 unspecified atom stereocenters. The van der Waals surface area contributed by atoms with Crippen molar-refractivity contribution < 1.29 is 28.5 Å². The molecular weight excluding hydrogens is 408 g/mol. The number of amides is 1. The fourth-order valence-electron chi connectivity index (χ4n) is 3.34. The maximum absolute atomic E-state index is 13.0. The van der Waals surface area contributed by atoms with Crippen LogP contribution in [0.25, 0.3) is 10.2 Å². The largest absolute Gasteiger partial charge is 0.493 e. The quantitative estimate of drug-likeness (QED) is 0.594. The monoisotopic (exact) mass is 430 g/mol. The number of aryl methyl sites for hydroxylation is 1. The molecule has 1 amide bonds. The molecular formula is C21H22N2O6S. The summed E-state index contributed by atoms with van der Waals surface area (Å²) in [5.74, 6) is 2.24. The topological polar surface area (TPSA) is 80.5 Å². The standard InChI is InChI=1S/C21H22N2O6S/c1-5-6-23-13-9-14-15(29-11-28-14)10-18(13)30-21(23)22-20(24)12-7-16(25-2)19(27-4)17(8-12)26-3/h7-10H,5-6,11H2,1-4H3. The summed E-state index contributed by atoms with van der Waals surface area (Å²) in [6.07, 6.45) is 0.895. The minimum absolute atomic E-state index is 0.219. The highest BCUT2D eigenvalue weighted by molar-refractivity contribution is 7.16. The van der Waals surface area contributed by atoms with Crippen LogP contribution in [0, 0.1) is 0 Å². The Kier molecular flexibility index (Phi) is 5.54. The van der Waals surface area contributed by atoms with Crippen LogP contribution in [0.1, 0.15) is 23.7 Å². The van der Waals surface area contributed by atoms with E-state index in [-0.39, 0.29) is 6.79 Å². The number of nitrogens with zero attached hydrogens (tertiary/aromatic N) is 2. The number of ether oxygens (including phenoxy) is 5. The molecule has 1 aliphatic rings. The Morgan fingerprint density at radius 3 is 2.33 bits per heavy atom. The van der Waals surface area contributed by atoms with Crippen molar-refractivity contribution in [2.75, 3.05) is 28.1 Å². The van der Waals surface area contributed by atoms with Gasteiger partial charge < -0.3 is 28.3 Å². The highest BCUT2D eigenvalue weighted by atomic mass is 32.1. The van der Waals surface area contributed by atoms with Crippen molar-refractivity contribution >= 4 is 27.5 Å². The lowest BCUT2D eigenvalue weighted by atomic mass is 10.1. The lowest BCUT2D eigenvalue weighted by Gasteiger charge is -2.12. The maximum Gasteiger partial charge on any atom is 0.279 e. The van der Waals surface area contributed by atoms with Crippen molar-refractivity contribution in [3.8, 4) is 28.7 Å². The lowest BCUT2D eigenvalue weighted by Crippen LogP contribution is -2.17. The van der Waals surface area contributed by atoms with Crippen LogP contribution in [0.15, 0.2) is 29.3 Å². The SMILES string of the molecule is CCCn1c(=NC(=O)c2cc(OC)c(OC)c(OC)c2)sc2cc3c(cc21)OCO3. The minimum atomic E-state index is -0.397. The van der Waals surface area contributed by atoms with Gasteiger partial charge in [0, 0.05) is 24.2 Å². The van der Waals surface area contributed by atoms with Crippen LogP contribution in [0.4, 0.5) is 0 Å². The van der Waals surface area contributed by atoms with Gasteiger partial charge in [0.15, 0.2) is 27.8 Å². The third-order valence-electron chi connectivity index (χ3n) is 4.73. The van der Waals surface area contributed by atoms with Gasteiger partial charge in [-0.05, 0) is 18.6 Å². The summed E-state index contributed by atoms with van der Waals surface area (Å²) in [5.41, 5.74) is 1.31. The van der Waals surface area contributed by atoms with Gasteiger partial charge in [-0.15, -0.1) is 0 Å².